The van der Waals surface area contributed by atoms with Crippen molar-refractivity contribution < 1.29 is 18.6 Å². The highest BCUT2D eigenvalue weighted by Crippen LogP contribution is 2.27. The molecule has 0 radical (unpaired) electrons. The van der Waals surface area contributed by atoms with Gasteiger partial charge in [-0.3, -0.25) is 0 Å². The second-order valence-corrected chi connectivity index (χ2v) is 3.71. The van der Waals surface area contributed by atoms with Crippen LogP contribution in [0.15, 0.2) is 18.2 Å². The molecule has 2 unspecified atom stereocenters. The van der Waals surface area contributed by atoms with Crippen LogP contribution in [0.4, 0.5) is 8.78 Å². The Morgan fingerprint density at radius 1 is 1.27 bits per heavy atom. The number of ether oxygens (including phenoxy) is 1. The molecule has 1 aliphatic rings. The average molecular weight is 214 g/mol. The lowest BCUT2D eigenvalue weighted by Gasteiger charge is -2.17. The Hall–Kier alpha value is -1.16. The number of aliphatic hydroxyl groups is 1. The molecule has 1 fully saturated rings. The molecule has 1 aromatic carbocycles. The molecule has 0 spiro atoms. The van der Waals surface area contributed by atoms with Gasteiger partial charge in [-0.2, -0.15) is 4.39 Å². The van der Waals surface area contributed by atoms with E-state index in [4.69, 9.17) is 4.74 Å². The molecule has 2 atom stereocenters. The number of aliphatic hydroxyl groups excluding tert-OH is 1. The van der Waals surface area contributed by atoms with Gasteiger partial charge >= 0.3 is 0 Å². The molecule has 1 saturated carbocycles. The number of rotatable bonds is 2. The summed E-state index contributed by atoms with van der Waals surface area (Å²) in [6.45, 7) is 0. The molecule has 0 aliphatic heterocycles. The van der Waals surface area contributed by atoms with Gasteiger partial charge < -0.3 is 9.84 Å². The lowest BCUT2D eigenvalue weighted by atomic mass is 10.2. The summed E-state index contributed by atoms with van der Waals surface area (Å²) < 4.78 is 31.3. The maximum atomic E-state index is 13.2. The quantitative estimate of drug-likeness (QED) is 0.818. The molecule has 1 aromatic rings. The van der Waals surface area contributed by atoms with Crippen molar-refractivity contribution in [1.82, 2.24) is 0 Å². The predicted molar refractivity (Wildman–Crippen MR) is 50.6 cm³/mol. The van der Waals surface area contributed by atoms with Gasteiger partial charge in [0.05, 0.1) is 6.10 Å². The standard InChI is InChI=1S/C11H12F2O2/c12-7-3-1-6-10(11(7)13)15-9-5-2-4-8(9)14/h1,3,6,8-9,14H,2,4-5H2. The fourth-order valence-electron chi connectivity index (χ4n) is 1.78. The Morgan fingerprint density at radius 3 is 2.73 bits per heavy atom. The van der Waals surface area contributed by atoms with E-state index in [-0.39, 0.29) is 5.75 Å². The minimum absolute atomic E-state index is 0.124. The van der Waals surface area contributed by atoms with Gasteiger partial charge in [0, 0.05) is 0 Å². The van der Waals surface area contributed by atoms with Crippen molar-refractivity contribution in [2.45, 2.75) is 31.5 Å². The molecule has 0 saturated heterocycles. The van der Waals surface area contributed by atoms with Crippen LogP contribution >= 0.6 is 0 Å². The Labute approximate surface area is 86.5 Å². The van der Waals surface area contributed by atoms with Crippen LogP contribution in [0.2, 0.25) is 0 Å². The topological polar surface area (TPSA) is 29.5 Å². The molecule has 0 aromatic heterocycles. The maximum absolute atomic E-state index is 13.2. The summed E-state index contributed by atoms with van der Waals surface area (Å²) in [6.07, 6.45) is 1.19. The molecule has 0 amide bonds. The molecule has 1 aliphatic carbocycles. The maximum Gasteiger partial charge on any atom is 0.200 e. The largest absolute Gasteiger partial charge is 0.485 e. The Bertz CT molecular complexity index is 354. The van der Waals surface area contributed by atoms with E-state index >= 15 is 0 Å². The summed E-state index contributed by atoms with van der Waals surface area (Å²) in [5.74, 6) is -2.04. The monoisotopic (exact) mass is 214 g/mol. The van der Waals surface area contributed by atoms with Gasteiger partial charge in [-0.15, -0.1) is 0 Å². The number of hydrogen-bond donors (Lipinski definition) is 1. The number of hydrogen-bond acceptors (Lipinski definition) is 2. The SMILES string of the molecule is OC1CCCC1Oc1cccc(F)c1F. The zero-order chi connectivity index (χ0) is 10.8. The molecule has 2 nitrogen and oxygen atoms in total. The van der Waals surface area contributed by atoms with Gasteiger partial charge in [0.2, 0.25) is 5.82 Å². The second kappa shape index (κ2) is 4.14. The summed E-state index contributed by atoms with van der Waals surface area (Å²) in [5, 5.41) is 9.47. The van der Waals surface area contributed by atoms with Gasteiger partial charge in [-0.25, -0.2) is 4.39 Å². The normalized spacial score (nSPS) is 25.5. The third-order valence-electron chi connectivity index (χ3n) is 2.61. The highest BCUT2D eigenvalue weighted by Gasteiger charge is 2.27. The summed E-state index contributed by atoms with van der Waals surface area (Å²) in [7, 11) is 0. The summed E-state index contributed by atoms with van der Waals surface area (Å²) in [6, 6.07) is 3.78. The molecular formula is C11H12F2O2. The third kappa shape index (κ3) is 2.09. The van der Waals surface area contributed by atoms with Crippen LogP contribution in [-0.2, 0) is 0 Å². The lowest BCUT2D eigenvalue weighted by molar-refractivity contribution is 0.0574. The molecule has 0 heterocycles. The predicted octanol–water partition coefficient (Wildman–Crippen LogP) is 2.26. The fraction of sp³-hybridized carbons (Fsp3) is 0.455. The van der Waals surface area contributed by atoms with Crippen LogP contribution in [0.25, 0.3) is 0 Å². The minimum Gasteiger partial charge on any atom is -0.485 e. The first-order valence-electron chi connectivity index (χ1n) is 4.97. The van der Waals surface area contributed by atoms with Crippen molar-refractivity contribution >= 4 is 0 Å². The van der Waals surface area contributed by atoms with Crippen molar-refractivity contribution in [3.63, 3.8) is 0 Å². The zero-order valence-corrected chi connectivity index (χ0v) is 8.12. The van der Waals surface area contributed by atoms with Crippen LogP contribution in [-0.4, -0.2) is 17.3 Å². The van der Waals surface area contributed by atoms with E-state index < -0.39 is 23.8 Å². The first kappa shape index (κ1) is 10.4. The van der Waals surface area contributed by atoms with Gasteiger partial charge in [0.1, 0.15) is 6.10 Å². The highest BCUT2D eigenvalue weighted by molar-refractivity contribution is 5.25. The number of halogens is 2. The summed E-state index contributed by atoms with van der Waals surface area (Å²) >= 11 is 0. The van der Waals surface area contributed by atoms with Crippen LogP contribution in [0, 0.1) is 11.6 Å². The van der Waals surface area contributed by atoms with Gasteiger partial charge in [0.25, 0.3) is 0 Å². The van der Waals surface area contributed by atoms with E-state index in [2.05, 4.69) is 0 Å². The van der Waals surface area contributed by atoms with Crippen molar-refractivity contribution in [1.29, 1.82) is 0 Å². The van der Waals surface area contributed by atoms with E-state index in [0.29, 0.717) is 12.8 Å². The van der Waals surface area contributed by atoms with Crippen molar-refractivity contribution in [2.24, 2.45) is 0 Å². The number of benzene rings is 1. The molecule has 2 rings (SSSR count). The molecule has 1 N–H and O–H groups in total. The second-order valence-electron chi connectivity index (χ2n) is 3.71. The van der Waals surface area contributed by atoms with Crippen molar-refractivity contribution in [3.8, 4) is 5.75 Å². The first-order chi connectivity index (χ1) is 7.18. The van der Waals surface area contributed by atoms with Crippen molar-refractivity contribution in [2.75, 3.05) is 0 Å². The van der Waals surface area contributed by atoms with Crippen LogP contribution in [0.3, 0.4) is 0 Å². The molecular weight excluding hydrogens is 202 g/mol. The van der Waals surface area contributed by atoms with Gasteiger partial charge in [-0.05, 0) is 31.4 Å². The van der Waals surface area contributed by atoms with Gasteiger partial charge in [0.15, 0.2) is 11.6 Å². The van der Waals surface area contributed by atoms with E-state index in [9.17, 15) is 13.9 Å². The minimum atomic E-state index is -0.989. The van der Waals surface area contributed by atoms with E-state index in [1.165, 1.54) is 12.1 Å². The summed E-state index contributed by atoms with van der Waals surface area (Å²) in [5.41, 5.74) is 0. The van der Waals surface area contributed by atoms with Crippen molar-refractivity contribution in [3.05, 3.63) is 29.8 Å². The third-order valence-corrected chi connectivity index (χ3v) is 2.61. The molecule has 82 valence electrons. The Kier molecular flexibility index (Phi) is 2.86. The molecule has 15 heavy (non-hydrogen) atoms. The highest BCUT2D eigenvalue weighted by atomic mass is 19.2. The summed E-state index contributed by atoms with van der Waals surface area (Å²) in [4.78, 5) is 0. The Balaban J connectivity index is 2.13. The average Bonchev–Trinajstić information content (AvgIpc) is 2.60. The van der Waals surface area contributed by atoms with Crippen LogP contribution in [0.1, 0.15) is 19.3 Å². The Morgan fingerprint density at radius 2 is 2.07 bits per heavy atom. The fourth-order valence-corrected chi connectivity index (χ4v) is 1.78. The first-order valence-corrected chi connectivity index (χ1v) is 4.97. The lowest BCUT2D eigenvalue weighted by Crippen LogP contribution is -2.26. The van der Waals surface area contributed by atoms with Gasteiger partial charge in [-0.1, -0.05) is 6.07 Å². The smallest absolute Gasteiger partial charge is 0.200 e. The van der Waals surface area contributed by atoms with E-state index in [1.807, 2.05) is 0 Å². The molecule has 4 heteroatoms. The van der Waals surface area contributed by atoms with Crippen LogP contribution in [0.5, 0.6) is 5.75 Å². The van der Waals surface area contributed by atoms with E-state index in [0.717, 1.165) is 12.5 Å². The van der Waals surface area contributed by atoms with Crippen LogP contribution < -0.4 is 4.74 Å². The zero-order valence-electron chi connectivity index (χ0n) is 8.12. The molecule has 0 bridgehead atoms. The van der Waals surface area contributed by atoms with E-state index in [1.54, 1.807) is 0 Å².